The van der Waals surface area contributed by atoms with Crippen molar-refractivity contribution in [3.63, 3.8) is 0 Å². The van der Waals surface area contributed by atoms with E-state index < -0.39 is 5.91 Å². The van der Waals surface area contributed by atoms with E-state index in [1.165, 1.54) is 0 Å². The van der Waals surface area contributed by atoms with Crippen molar-refractivity contribution < 1.29 is 18.4 Å². The van der Waals surface area contributed by atoms with Crippen LogP contribution in [0.15, 0.2) is 69.5 Å². The number of rotatable bonds is 4. The molecule has 144 valence electrons. The molecule has 1 N–H and O–H groups in total. The Kier molecular flexibility index (Phi) is 4.09. The average molecular weight is 388 g/mol. The maximum Gasteiger partial charge on any atom is 0.322 e. The Labute approximate surface area is 165 Å². The number of anilines is 2. The third-order valence-corrected chi connectivity index (χ3v) is 4.85. The molecule has 1 saturated heterocycles. The minimum absolute atomic E-state index is 0.00717. The van der Waals surface area contributed by atoms with Crippen LogP contribution in [0.2, 0.25) is 0 Å². The highest BCUT2D eigenvalue weighted by molar-refractivity contribution is 6.03. The summed E-state index contributed by atoms with van der Waals surface area (Å²) in [6.45, 7) is 0.446. The standard InChI is InChI=1S/C21H16N4O4/c26-18-11-14(12-25(18)15-7-2-1-3-8-15)20-23-24-21(29-20)22-19(27)17-10-13-6-4-5-9-16(13)28-17/h1-10,14H,11-12H2,(H,22,24,27). The number of furan rings is 1. The summed E-state index contributed by atoms with van der Waals surface area (Å²) in [5.74, 6) is -0.252. The Balaban J connectivity index is 1.29. The highest BCUT2D eigenvalue weighted by Crippen LogP contribution is 2.31. The zero-order valence-corrected chi connectivity index (χ0v) is 15.2. The number of hydrogen-bond donors (Lipinski definition) is 1. The minimum atomic E-state index is -0.482. The summed E-state index contributed by atoms with van der Waals surface area (Å²) < 4.78 is 11.1. The molecule has 1 fully saturated rings. The molecule has 4 aromatic rings. The Morgan fingerprint density at radius 2 is 1.83 bits per heavy atom. The lowest BCUT2D eigenvalue weighted by Gasteiger charge is -2.15. The number of aromatic nitrogens is 2. The SMILES string of the molecule is O=C(Nc1nnc(C2CC(=O)N(c3ccccc3)C2)o1)c1cc2ccccc2o1. The van der Waals surface area contributed by atoms with Gasteiger partial charge in [-0.1, -0.05) is 41.5 Å². The van der Waals surface area contributed by atoms with Crippen LogP contribution in [0.25, 0.3) is 11.0 Å². The molecule has 1 aliphatic heterocycles. The highest BCUT2D eigenvalue weighted by atomic mass is 16.4. The minimum Gasteiger partial charge on any atom is -0.451 e. The number of nitrogens with zero attached hydrogens (tertiary/aromatic N) is 3. The van der Waals surface area contributed by atoms with E-state index in [9.17, 15) is 9.59 Å². The van der Waals surface area contributed by atoms with Gasteiger partial charge in [-0.25, -0.2) is 0 Å². The molecule has 0 saturated carbocycles. The molecule has 3 heterocycles. The van der Waals surface area contributed by atoms with Gasteiger partial charge in [-0.05, 0) is 24.3 Å². The third kappa shape index (κ3) is 3.25. The molecule has 8 heteroatoms. The van der Waals surface area contributed by atoms with Crippen molar-refractivity contribution in [2.45, 2.75) is 12.3 Å². The van der Waals surface area contributed by atoms with Gasteiger partial charge in [-0.15, -0.1) is 5.10 Å². The first-order valence-electron chi connectivity index (χ1n) is 9.16. The van der Waals surface area contributed by atoms with Gasteiger partial charge in [-0.2, -0.15) is 0 Å². The van der Waals surface area contributed by atoms with E-state index in [-0.39, 0.29) is 30.0 Å². The Bertz CT molecular complexity index is 1160. The van der Waals surface area contributed by atoms with Gasteiger partial charge in [0.15, 0.2) is 5.76 Å². The first-order valence-corrected chi connectivity index (χ1v) is 9.16. The van der Waals surface area contributed by atoms with Crippen LogP contribution in [0, 0.1) is 0 Å². The second-order valence-corrected chi connectivity index (χ2v) is 6.79. The molecule has 5 rings (SSSR count). The van der Waals surface area contributed by atoms with Crippen LogP contribution in [0.5, 0.6) is 0 Å². The highest BCUT2D eigenvalue weighted by Gasteiger charge is 2.35. The molecule has 0 aliphatic carbocycles. The van der Waals surface area contributed by atoms with Gasteiger partial charge in [0.1, 0.15) is 5.58 Å². The molecule has 8 nitrogen and oxygen atoms in total. The molecule has 0 radical (unpaired) electrons. The third-order valence-electron chi connectivity index (χ3n) is 4.85. The molecular formula is C21H16N4O4. The van der Waals surface area contributed by atoms with Crippen LogP contribution >= 0.6 is 0 Å². The number of carbonyl (C=O) groups excluding carboxylic acids is 2. The summed E-state index contributed by atoms with van der Waals surface area (Å²) >= 11 is 0. The largest absolute Gasteiger partial charge is 0.451 e. The van der Waals surface area contributed by atoms with E-state index in [2.05, 4.69) is 15.5 Å². The van der Waals surface area contributed by atoms with Gasteiger partial charge < -0.3 is 13.7 Å². The summed E-state index contributed by atoms with van der Waals surface area (Å²) in [5.41, 5.74) is 1.45. The van der Waals surface area contributed by atoms with Crippen LogP contribution in [-0.2, 0) is 4.79 Å². The van der Waals surface area contributed by atoms with E-state index >= 15 is 0 Å². The van der Waals surface area contributed by atoms with Gasteiger partial charge in [-0.3, -0.25) is 14.9 Å². The average Bonchev–Trinajstić information content (AvgIpc) is 3.46. The first kappa shape index (κ1) is 17.2. The lowest BCUT2D eigenvalue weighted by Crippen LogP contribution is -2.24. The first-order chi connectivity index (χ1) is 14.2. The zero-order valence-electron chi connectivity index (χ0n) is 15.2. The van der Waals surface area contributed by atoms with Crippen LogP contribution in [0.1, 0.15) is 28.8 Å². The number of benzene rings is 2. The van der Waals surface area contributed by atoms with Gasteiger partial charge in [0.25, 0.3) is 5.91 Å². The number of hydrogen-bond acceptors (Lipinski definition) is 6. The summed E-state index contributed by atoms with van der Waals surface area (Å²) in [6.07, 6.45) is 0.272. The molecule has 1 unspecified atom stereocenters. The second-order valence-electron chi connectivity index (χ2n) is 6.79. The Morgan fingerprint density at radius 1 is 1.03 bits per heavy atom. The van der Waals surface area contributed by atoms with Crippen LogP contribution in [-0.4, -0.2) is 28.6 Å². The monoisotopic (exact) mass is 388 g/mol. The van der Waals surface area contributed by atoms with Crippen LogP contribution in [0.3, 0.4) is 0 Å². The molecule has 2 amide bonds. The topological polar surface area (TPSA) is 101 Å². The van der Waals surface area contributed by atoms with Crippen molar-refractivity contribution in [3.05, 3.63) is 72.3 Å². The molecule has 1 aliphatic rings. The molecule has 0 spiro atoms. The Hall–Kier alpha value is -3.94. The fourth-order valence-electron chi connectivity index (χ4n) is 3.43. The normalized spacial score (nSPS) is 16.5. The van der Waals surface area contributed by atoms with Crippen molar-refractivity contribution in [3.8, 4) is 0 Å². The molecule has 2 aromatic carbocycles. The quantitative estimate of drug-likeness (QED) is 0.573. The molecule has 1 atom stereocenters. The lowest BCUT2D eigenvalue weighted by atomic mass is 10.1. The molecular weight excluding hydrogens is 372 g/mol. The fourth-order valence-corrected chi connectivity index (χ4v) is 3.43. The van der Waals surface area contributed by atoms with Gasteiger partial charge in [0, 0.05) is 24.0 Å². The predicted molar refractivity (Wildman–Crippen MR) is 105 cm³/mol. The van der Waals surface area contributed by atoms with Crippen molar-refractivity contribution in [2.24, 2.45) is 0 Å². The smallest absolute Gasteiger partial charge is 0.322 e. The number of amides is 2. The molecule has 29 heavy (non-hydrogen) atoms. The van der Waals surface area contributed by atoms with E-state index in [0.717, 1.165) is 11.1 Å². The van der Waals surface area contributed by atoms with Gasteiger partial charge in [0.05, 0.1) is 5.92 Å². The molecule has 2 aromatic heterocycles. The maximum atomic E-state index is 12.4. The van der Waals surface area contributed by atoms with Crippen molar-refractivity contribution in [1.82, 2.24) is 10.2 Å². The number of carbonyl (C=O) groups is 2. The number of nitrogens with one attached hydrogen (secondary N) is 1. The summed E-state index contributed by atoms with van der Waals surface area (Å²) in [5, 5.41) is 11.3. The van der Waals surface area contributed by atoms with Gasteiger partial charge in [0.2, 0.25) is 11.8 Å². The number of fused-ring (bicyclic) bond motifs is 1. The van der Waals surface area contributed by atoms with Crippen molar-refractivity contribution in [2.75, 3.05) is 16.8 Å². The van der Waals surface area contributed by atoms with Crippen molar-refractivity contribution >= 4 is 34.5 Å². The van der Waals surface area contributed by atoms with E-state index in [1.807, 2.05) is 48.5 Å². The Morgan fingerprint density at radius 3 is 2.66 bits per heavy atom. The van der Waals surface area contributed by atoms with Gasteiger partial charge >= 0.3 is 6.01 Å². The number of para-hydroxylation sites is 2. The maximum absolute atomic E-state index is 12.4. The second kappa shape index (κ2) is 6.90. The van der Waals surface area contributed by atoms with Crippen LogP contribution in [0.4, 0.5) is 11.7 Å². The lowest BCUT2D eigenvalue weighted by molar-refractivity contribution is -0.117. The van der Waals surface area contributed by atoms with E-state index in [0.29, 0.717) is 18.0 Å². The van der Waals surface area contributed by atoms with Crippen molar-refractivity contribution in [1.29, 1.82) is 0 Å². The van der Waals surface area contributed by atoms with E-state index in [4.69, 9.17) is 8.83 Å². The fraction of sp³-hybridized carbons (Fsp3) is 0.143. The predicted octanol–water partition coefficient (Wildman–Crippen LogP) is 3.59. The van der Waals surface area contributed by atoms with Crippen LogP contribution < -0.4 is 10.2 Å². The summed E-state index contributed by atoms with van der Waals surface area (Å²) in [4.78, 5) is 26.5. The molecule has 0 bridgehead atoms. The summed E-state index contributed by atoms with van der Waals surface area (Å²) in [6, 6.07) is 18.4. The summed E-state index contributed by atoms with van der Waals surface area (Å²) in [7, 11) is 0. The zero-order chi connectivity index (χ0) is 19.8. The van der Waals surface area contributed by atoms with E-state index in [1.54, 1.807) is 17.0 Å².